The minimum absolute atomic E-state index is 0.547. The quantitative estimate of drug-likeness (QED) is 0.838. The summed E-state index contributed by atoms with van der Waals surface area (Å²) < 4.78 is 0. The van der Waals surface area contributed by atoms with Gasteiger partial charge in [0.1, 0.15) is 0 Å². The SMILES string of the molecule is CCNC1CC2CCC(C1)N2CC1C(C)(C)C1(C)C. The molecule has 110 valence electrons. The van der Waals surface area contributed by atoms with Crippen LogP contribution in [-0.2, 0) is 0 Å². The molecule has 1 N–H and O–H groups in total. The fraction of sp³-hybridized carbons (Fsp3) is 1.00. The lowest BCUT2D eigenvalue weighted by Crippen LogP contribution is -2.49. The Kier molecular flexibility index (Phi) is 3.26. The van der Waals surface area contributed by atoms with Crippen LogP contribution < -0.4 is 5.32 Å². The first-order valence-corrected chi connectivity index (χ1v) is 8.37. The van der Waals surface area contributed by atoms with Crippen LogP contribution in [0.1, 0.15) is 60.3 Å². The Morgan fingerprint density at radius 1 is 1.00 bits per heavy atom. The largest absolute Gasteiger partial charge is 0.314 e. The molecule has 2 heteroatoms. The molecule has 2 saturated heterocycles. The maximum atomic E-state index is 3.68. The Morgan fingerprint density at radius 3 is 1.95 bits per heavy atom. The van der Waals surface area contributed by atoms with Gasteiger partial charge in [-0.15, -0.1) is 0 Å². The highest BCUT2D eigenvalue weighted by atomic mass is 15.2. The highest BCUT2D eigenvalue weighted by Crippen LogP contribution is 2.68. The second-order valence-electron chi connectivity index (χ2n) is 8.30. The molecule has 3 aliphatic rings. The molecule has 2 unspecified atom stereocenters. The summed E-state index contributed by atoms with van der Waals surface area (Å²) in [7, 11) is 0. The third-order valence-electron chi connectivity index (χ3n) is 7.09. The van der Waals surface area contributed by atoms with Crippen LogP contribution in [0.5, 0.6) is 0 Å². The molecule has 2 bridgehead atoms. The van der Waals surface area contributed by atoms with Gasteiger partial charge in [0.05, 0.1) is 0 Å². The van der Waals surface area contributed by atoms with Gasteiger partial charge in [-0.2, -0.15) is 0 Å². The highest BCUT2D eigenvalue weighted by molar-refractivity contribution is 5.14. The molecule has 19 heavy (non-hydrogen) atoms. The smallest absolute Gasteiger partial charge is 0.0114 e. The Hall–Kier alpha value is -0.0800. The minimum Gasteiger partial charge on any atom is -0.314 e. The molecule has 2 nitrogen and oxygen atoms in total. The van der Waals surface area contributed by atoms with Crippen LogP contribution in [0.2, 0.25) is 0 Å². The van der Waals surface area contributed by atoms with E-state index in [0.717, 1.165) is 30.6 Å². The van der Waals surface area contributed by atoms with E-state index in [9.17, 15) is 0 Å². The van der Waals surface area contributed by atoms with Gasteiger partial charge < -0.3 is 5.32 Å². The molecule has 0 aromatic carbocycles. The standard InChI is InChI=1S/C17H32N2/c1-6-18-12-9-13-7-8-14(10-12)19(13)11-15-16(2,3)17(15,4)5/h12-15,18H,6-11H2,1-5H3. The summed E-state index contributed by atoms with van der Waals surface area (Å²) in [6, 6.07) is 2.53. The molecular formula is C17H32N2. The van der Waals surface area contributed by atoms with Crippen LogP contribution in [0.25, 0.3) is 0 Å². The number of hydrogen-bond acceptors (Lipinski definition) is 2. The van der Waals surface area contributed by atoms with Crippen molar-refractivity contribution in [1.82, 2.24) is 10.2 Å². The third-order valence-corrected chi connectivity index (χ3v) is 7.09. The van der Waals surface area contributed by atoms with E-state index in [1.165, 1.54) is 32.2 Å². The normalized spacial score (nSPS) is 40.6. The van der Waals surface area contributed by atoms with Gasteiger partial charge in [0.15, 0.2) is 0 Å². The Morgan fingerprint density at radius 2 is 1.53 bits per heavy atom. The van der Waals surface area contributed by atoms with Crippen molar-refractivity contribution in [2.45, 2.75) is 78.4 Å². The van der Waals surface area contributed by atoms with Gasteiger partial charge in [-0.3, -0.25) is 4.90 Å². The summed E-state index contributed by atoms with van der Waals surface area (Å²) in [6.45, 7) is 14.6. The van der Waals surface area contributed by atoms with Crippen molar-refractivity contribution in [3.8, 4) is 0 Å². The molecule has 0 amide bonds. The fourth-order valence-corrected chi connectivity index (χ4v) is 5.03. The fourth-order valence-electron chi connectivity index (χ4n) is 5.03. The number of rotatable bonds is 4. The van der Waals surface area contributed by atoms with E-state index >= 15 is 0 Å². The van der Waals surface area contributed by atoms with E-state index in [1.54, 1.807) is 0 Å². The molecule has 2 heterocycles. The van der Waals surface area contributed by atoms with Crippen molar-refractivity contribution in [1.29, 1.82) is 0 Å². The number of hydrogen-bond donors (Lipinski definition) is 1. The van der Waals surface area contributed by atoms with Gasteiger partial charge in [-0.05, 0) is 49.0 Å². The van der Waals surface area contributed by atoms with Crippen molar-refractivity contribution in [3.05, 3.63) is 0 Å². The first-order valence-electron chi connectivity index (χ1n) is 8.37. The van der Waals surface area contributed by atoms with Crippen molar-refractivity contribution in [2.75, 3.05) is 13.1 Å². The van der Waals surface area contributed by atoms with E-state index in [2.05, 4.69) is 44.8 Å². The van der Waals surface area contributed by atoms with Gasteiger partial charge in [0.2, 0.25) is 0 Å². The van der Waals surface area contributed by atoms with E-state index in [-0.39, 0.29) is 0 Å². The summed E-state index contributed by atoms with van der Waals surface area (Å²) >= 11 is 0. The van der Waals surface area contributed by atoms with Crippen molar-refractivity contribution in [3.63, 3.8) is 0 Å². The molecule has 3 fully saturated rings. The summed E-state index contributed by atoms with van der Waals surface area (Å²) in [5, 5.41) is 3.68. The van der Waals surface area contributed by atoms with E-state index < -0.39 is 0 Å². The lowest BCUT2D eigenvalue weighted by atomic mass is 9.96. The average Bonchev–Trinajstić information content (AvgIpc) is 2.56. The second kappa shape index (κ2) is 4.46. The predicted molar refractivity (Wildman–Crippen MR) is 81.3 cm³/mol. The summed E-state index contributed by atoms with van der Waals surface area (Å²) in [4.78, 5) is 2.88. The van der Waals surface area contributed by atoms with Crippen LogP contribution in [0, 0.1) is 16.7 Å². The summed E-state index contributed by atoms with van der Waals surface area (Å²) in [5.74, 6) is 0.902. The molecule has 0 aromatic rings. The minimum atomic E-state index is 0.547. The molecule has 0 spiro atoms. The molecule has 1 saturated carbocycles. The van der Waals surface area contributed by atoms with Crippen LogP contribution >= 0.6 is 0 Å². The molecule has 0 radical (unpaired) electrons. The first-order chi connectivity index (χ1) is 8.88. The van der Waals surface area contributed by atoms with Gasteiger partial charge in [-0.1, -0.05) is 34.6 Å². The van der Waals surface area contributed by atoms with Crippen LogP contribution in [0.15, 0.2) is 0 Å². The maximum Gasteiger partial charge on any atom is 0.0114 e. The summed E-state index contributed by atoms with van der Waals surface area (Å²) in [5.41, 5.74) is 1.09. The topological polar surface area (TPSA) is 15.3 Å². The lowest BCUT2D eigenvalue weighted by molar-refractivity contribution is 0.105. The Balaban J connectivity index is 1.62. The zero-order chi connectivity index (χ0) is 13.8. The highest BCUT2D eigenvalue weighted by Gasteiger charge is 2.65. The Bertz CT molecular complexity index is 319. The number of nitrogens with one attached hydrogen (secondary N) is 1. The zero-order valence-corrected chi connectivity index (χ0v) is 13.5. The first kappa shape index (κ1) is 13.9. The molecule has 1 aliphatic carbocycles. The van der Waals surface area contributed by atoms with Gasteiger partial charge in [0.25, 0.3) is 0 Å². The third kappa shape index (κ3) is 2.06. The summed E-state index contributed by atoms with van der Waals surface area (Å²) in [6.07, 6.45) is 5.66. The van der Waals surface area contributed by atoms with E-state index in [4.69, 9.17) is 0 Å². The van der Waals surface area contributed by atoms with E-state index in [1.807, 2.05) is 0 Å². The monoisotopic (exact) mass is 264 g/mol. The molecular weight excluding hydrogens is 232 g/mol. The molecule has 0 aromatic heterocycles. The predicted octanol–water partition coefficient (Wildman–Crippen LogP) is 3.27. The van der Waals surface area contributed by atoms with Crippen molar-refractivity contribution < 1.29 is 0 Å². The molecule has 2 aliphatic heterocycles. The number of piperidine rings is 1. The average molecular weight is 264 g/mol. The number of fused-ring (bicyclic) bond motifs is 2. The Labute approximate surface area is 119 Å². The van der Waals surface area contributed by atoms with Crippen molar-refractivity contribution in [2.24, 2.45) is 16.7 Å². The molecule has 3 rings (SSSR count). The van der Waals surface area contributed by atoms with Crippen LogP contribution in [-0.4, -0.2) is 36.1 Å². The van der Waals surface area contributed by atoms with E-state index in [0.29, 0.717) is 10.8 Å². The van der Waals surface area contributed by atoms with Gasteiger partial charge >= 0.3 is 0 Å². The van der Waals surface area contributed by atoms with Crippen LogP contribution in [0.4, 0.5) is 0 Å². The zero-order valence-electron chi connectivity index (χ0n) is 13.5. The second-order valence-corrected chi connectivity index (χ2v) is 8.30. The maximum absolute atomic E-state index is 3.68. The number of nitrogens with zero attached hydrogens (tertiary/aromatic N) is 1. The lowest BCUT2D eigenvalue weighted by Gasteiger charge is -2.39. The van der Waals surface area contributed by atoms with Crippen LogP contribution in [0.3, 0.4) is 0 Å². The van der Waals surface area contributed by atoms with Crippen molar-refractivity contribution >= 4 is 0 Å². The van der Waals surface area contributed by atoms with Gasteiger partial charge in [-0.25, -0.2) is 0 Å². The van der Waals surface area contributed by atoms with Gasteiger partial charge in [0, 0.05) is 24.7 Å². The molecule has 2 atom stereocenters.